The summed E-state index contributed by atoms with van der Waals surface area (Å²) in [6, 6.07) is 16.8. The first-order valence-electron chi connectivity index (χ1n) is 7.70. The molecule has 0 bridgehead atoms. The van der Waals surface area contributed by atoms with Crippen LogP contribution in [0.25, 0.3) is 10.9 Å². The average molecular weight is 290 g/mol. The zero-order valence-corrected chi connectivity index (χ0v) is 13.7. The molecule has 0 amide bonds. The van der Waals surface area contributed by atoms with E-state index in [0.717, 1.165) is 12.1 Å². The molecule has 0 fully saturated rings. The molecule has 112 valence electrons. The van der Waals surface area contributed by atoms with E-state index in [1.54, 1.807) is 0 Å². The van der Waals surface area contributed by atoms with Crippen molar-refractivity contribution in [2.75, 3.05) is 0 Å². The number of benzene rings is 2. The van der Waals surface area contributed by atoms with Gasteiger partial charge in [0.15, 0.2) is 0 Å². The van der Waals surface area contributed by atoms with Crippen LogP contribution in [0.15, 0.2) is 53.5 Å². The molecule has 0 saturated heterocycles. The first-order valence-corrected chi connectivity index (χ1v) is 7.70. The van der Waals surface area contributed by atoms with Gasteiger partial charge in [-0.15, -0.1) is 0 Å². The second-order valence-corrected chi connectivity index (χ2v) is 5.94. The SMILES string of the molecule is CC1=Nc2ccccc2C1.Cc1c(C)n(C)c2ccccc12. The molecule has 2 nitrogen and oxygen atoms in total. The van der Waals surface area contributed by atoms with Gasteiger partial charge in [0, 0.05) is 35.8 Å². The van der Waals surface area contributed by atoms with Crippen molar-refractivity contribution in [2.45, 2.75) is 27.2 Å². The molecular weight excluding hydrogens is 268 g/mol. The van der Waals surface area contributed by atoms with Gasteiger partial charge < -0.3 is 4.57 Å². The van der Waals surface area contributed by atoms with E-state index in [1.165, 1.54) is 33.4 Å². The number of hydrogen-bond acceptors (Lipinski definition) is 1. The number of para-hydroxylation sites is 2. The molecule has 0 saturated carbocycles. The quantitative estimate of drug-likeness (QED) is 0.546. The number of aryl methyl sites for hydroxylation is 2. The van der Waals surface area contributed by atoms with Crippen molar-refractivity contribution in [1.82, 2.24) is 4.57 Å². The van der Waals surface area contributed by atoms with Crippen molar-refractivity contribution in [1.29, 1.82) is 0 Å². The van der Waals surface area contributed by atoms with Crippen LogP contribution in [0.1, 0.15) is 23.7 Å². The zero-order chi connectivity index (χ0) is 15.7. The standard InChI is InChI=1S/C11H13N.C9H9N/c1-8-9(2)12(3)11-7-5-4-6-10(8)11;1-7-6-8-4-2-3-5-9(8)10-7/h4-7H,1-3H3;2-5H,6H2,1H3. The highest BCUT2D eigenvalue weighted by atomic mass is 14.9. The van der Waals surface area contributed by atoms with Crippen molar-refractivity contribution in [3.8, 4) is 0 Å². The Kier molecular flexibility index (Phi) is 3.84. The largest absolute Gasteiger partial charge is 0.348 e. The van der Waals surface area contributed by atoms with Crippen LogP contribution in [0.2, 0.25) is 0 Å². The van der Waals surface area contributed by atoms with Crippen LogP contribution in [-0.2, 0) is 13.5 Å². The maximum absolute atomic E-state index is 4.37. The maximum atomic E-state index is 4.37. The lowest BCUT2D eigenvalue weighted by Gasteiger charge is -1.96. The second-order valence-electron chi connectivity index (χ2n) is 5.94. The molecule has 0 spiro atoms. The van der Waals surface area contributed by atoms with Crippen LogP contribution in [-0.4, -0.2) is 10.3 Å². The van der Waals surface area contributed by atoms with E-state index in [-0.39, 0.29) is 0 Å². The topological polar surface area (TPSA) is 17.3 Å². The number of aliphatic imine (C=N–C) groups is 1. The monoisotopic (exact) mass is 290 g/mol. The summed E-state index contributed by atoms with van der Waals surface area (Å²) < 4.78 is 2.24. The predicted molar refractivity (Wildman–Crippen MR) is 95.3 cm³/mol. The number of hydrogen-bond donors (Lipinski definition) is 0. The Morgan fingerprint density at radius 3 is 2.32 bits per heavy atom. The minimum atomic E-state index is 1.04. The molecule has 1 aliphatic rings. The summed E-state index contributed by atoms with van der Waals surface area (Å²) in [4.78, 5) is 4.37. The van der Waals surface area contributed by atoms with Gasteiger partial charge in [-0.1, -0.05) is 36.4 Å². The summed E-state index contributed by atoms with van der Waals surface area (Å²) in [5.41, 5.74) is 7.82. The summed E-state index contributed by atoms with van der Waals surface area (Å²) in [6.07, 6.45) is 1.04. The van der Waals surface area contributed by atoms with Crippen LogP contribution in [0, 0.1) is 13.8 Å². The summed E-state index contributed by atoms with van der Waals surface area (Å²) in [6.45, 7) is 6.41. The predicted octanol–water partition coefficient (Wildman–Crippen LogP) is 5.13. The molecular formula is C20H22N2. The van der Waals surface area contributed by atoms with Gasteiger partial charge in [-0.3, -0.25) is 4.99 Å². The minimum absolute atomic E-state index is 1.04. The fourth-order valence-corrected chi connectivity index (χ4v) is 3.00. The Labute approximate surface area is 132 Å². The van der Waals surface area contributed by atoms with Crippen molar-refractivity contribution in [2.24, 2.45) is 12.0 Å². The fraction of sp³-hybridized carbons (Fsp3) is 0.250. The molecule has 22 heavy (non-hydrogen) atoms. The summed E-state index contributed by atoms with van der Waals surface area (Å²) in [7, 11) is 2.12. The molecule has 0 atom stereocenters. The zero-order valence-electron chi connectivity index (χ0n) is 13.7. The van der Waals surface area contributed by atoms with Gasteiger partial charge in [-0.25, -0.2) is 0 Å². The van der Waals surface area contributed by atoms with Gasteiger partial charge in [-0.2, -0.15) is 0 Å². The normalized spacial score (nSPS) is 12.6. The third-order valence-electron chi connectivity index (χ3n) is 4.46. The lowest BCUT2D eigenvalue weighted by atomic mass is 10.1. The third kappa shape index (κ3) is 2.57. The van der Waals surface area contributed by atoms with E-state index in [9.17, 15) is 0 Å². The highest BCUT2D eigenvalue weighted by molar-refractivity contribution is 5.91. The molecule has 2 aromatic carbocycles. The smallest absolute Gasteiger partial charge is 0.0664 e. The molecule has 2 heterocycles. The van der Waals surface area contributed by atoms with E-state index < -0.39 is 0 Å². The molecule has 0 N–H and O–H groups in total. The van der Waals surface area contributed by atoms with Gasteiger partial charge in [-0.05, 0) is 44.0 Å². The van der Waals surface area contributed by atoms with Crippen LogP contribution >= 0.6 is 0 Å². The third-order valence-corrected chi connectivity index (χ3v) is 4.46. The number of aromatic nitrogens is 1. The molecule has 3 aromatic rings. The van der Waals surface area contributed by atoms with Crippen molar-refractivity contribution >= 4 is 22.3 Å². The Bertz CT molecular complexity index is 814. The van der Waals surface area contributed by atoms with Gasteiger partial charge in [0.1, 0.15) is 0 Å². The first-order chi connectivity index (χ1) is 10.6. The van der Waals surface area contributed by atoms with Gasteiger partial charge in [0.25, 0.3) is 0 Å². The van der Waals surface area contributed by atoms with E-state index in [2.05, 4.69) is 79.8 Å². The second kappa shape index (κ2) is 5.80. The first kappa shape index (κ1) is 14.6. The van der Waals surface area contributed by atoms with E-state index in [0.29, 0.717) is 0 Å². The van der Waals surface area contributed by atoms with Crippen LogP contribution in [0.4, 0.5) is 5.69 Å². The van der Waals surface area contributed by atoms with Gasteiger partial charge in [0.05, 0.1) is 5.69 Å². The highest BCUT2D eigenvalue weighted by Crippen LogP contribution is 2.25. The van der Waals surface area contributed by atoms with Gasteiger partial charge in [0.2, 0.25) is 0 Å². The molecule has 2 heteroatoms. The number of nitrogens with zero attached hydrogens (tertiary/aromatic N) is 2. The van der Waals surface area contributed by atoms with E-state index >= 15 is 0 Å². The summed E-state index contributed by atoms with van der Waals surface area (Å²) >= 11 is 0. The molecule has 1 aliphatic heterocycles. The van der Waals surface area contributed by atoms with Crippen molar-refractivity contribution in [3.63, 3.8) is 0 Å². The number of rotatable bonds is 0. The minimum Gasteiger partial charge on any atom is -0.348 e. The Balaban J connectivity index is 0.000000133. The highest BCUT2D eigenvalue weighted by Gasteiger charge is 2.08. The lowest BCUT2D eigenvalue weighted by Crippen LogP contribution is -1.89. The Morgan fingerprint density at radius 2 is 1.59 bits per heavy atom. The molecule has 1 aromatic heterocycles. The summed E-state index contributed by atoms with van der Waals surface area (Å²) in [5, 5.41) is 1.37. The van der Waals surface area contributed by atoms with Crippen LogP contribution in [0.5, 0.6) is 0 Å². The van der Waals surface area contributed by atoms with E-state index in [1.807, 2.05) is 6.07 Å². The molecule has 0 unspecified atom stereocenters. The van der Waals surface area contributed by atoms with Crippen molar-refractivity contribution < 1.29 is 0 Å². The molecule has 4 rings (SSSR count). The van der Waals surface area contributed by atoms with Crippen LogP contribution in [0.3, 0.4) is 0 Å². The Hall–Kier alpha value is -2.35. The van der Waals surface area contributed by atoms with Gasteiger partial charge >= 0.3 is 0 Å². The fourth-order valence-electron chi connectivity index (χ4n) is 3.00. The number of fused-ring (bicyclic) bond motifs is 2. The molecule has 0 radical (unpaired) electrons. The Morgan fingerprint density at radius 1 is 0.909 bits per heavy atom. The summed E-state index contributed by atoms with van der Waals surface area (Å²) in [5.74, 6) is 0. The average Bonchev–Trinajstić information content (AvgIpc) is 3.02. The van der Waals surface area contributed by atoms with Crippen LogP contribution < -0.4 is 0 Å². The maximum Gasteiger partial charge on any atom is 0.0664 e. The molecule has 0 aliphatic carbocycles. The van der Waals surface area contributed by atoms with E-state index in [4.69, 9.17) is 0 Å². The van der Waals surface area contributed by atoms with Crippen molar-refractivity contribution in [3.05, 3.63) is 65.4 Å². The lowest BCUT2D eigenvalue weighted by molar-refractivity contribution is 0.910.